The Labute approximate surface area is 193 Å². The minimum absolute atomic E-state index is 0.0746. The summed E-state index contributed by atoms with van der Waals surface area (Å²) >= 11 is 0. The number of aromatic amines is 1. The first-order valence-electron chi connectivity index (χ1n) is 10.4. The molecule has 13 heteroatoms. The van der Waals surface area contributed by atoms with E-state index >= 15 is 0 Å². The highest BCUT2D eigenvalue weighted by atomic mass is 19.4. The first-order chi connectivity index (χ1) is 16.8. The summed E-state index contributed by atoms with van der Waals surface area (Å²) in [6.45, 7) is 0.307. The van der Waals surface area contributed by atoms with E-state index in [9.17, 15) is 22.0 Å². The zero-order valence-corrected chi connectivity index (χ0v) is 17.6. The lowest BCUT2D eigenvalue weighted by molar-refractivity contribution is -0.142. The number of anilines is 1. The highest BCUT2D eigenvalue weighted by Gasteiger charge is 2.38. The van der Waals surface area contributed by atoms with Gasteiger partial charge in [0.05, 0.1) is 23.2 Å². The maximum Gasteiger partial charge on any atom is 0.433 e. The summed E-state index contributed by atoms with van der Waals surface area (Å²) in [4.78, 5) is 8.98. The number of alkyl halides is 3. The molecule has 5 heterocycles. The van der Waals surface area contributed by atoms with E-state index in [0.29, 0.717) is 18.7 Å². The highest BCUT2D eigenvalue weighted by Crippen LogP contribution is 2.38. The molecule has 0 unspecified atom stereocenters. The van der Waals surface area contributed by atoms with Crippen molar-refractivity contribution < 1.29 is 26.4 Å². The molecule has 0 aliphatic carbocycles. The van der Waals surface area contributed by atoms with E-state index in [4.69, 9.17) is 4.42 Å². The van der Waals surface area contributed by atoms with Crippen LogP contribution in [-0.2, 0) is 12.6 Å². The van der Waals surface area contributed by atoms with Crippen LogP contribution in [0.25, 0.3) is 17.0 Å². The largest absolute Gasteiger partial charge is 0.433 e. The number of nitrogens with one attached hydrogen (secondary N) is 1. The minimum Gasteiger partial charge on any atom is -0.403 e. The summed E-state index contributed by atoms with van der Waals surface area (Å²) in [5.41, 5.74) is 0.386. The second-order valence-electron chi connectivity index (χ2n) is 7.91. The molecular formula is C22H14F5N7O. The molecule has 178 valence electrons. The van der Waals surface area contributed by atoms with Crippen LogP contribution >= 0.6 is 0 Å². The zero-order chi connectivity index (χ0) is 24.3. The average Bonchev–Trinajstić information content (AvgIpc) is 3.56. The van der Waals surface area contributed by atoms with Crippen LogP contribution in [0, 0.1) is 11.6 Å². The fraction of sp³-hybridized carbons (Fsp3) is 0.182. The lowest BCUT2D eigenvalue weighted by Crippen LogP contribution is -2.37. The predicted molar refractivity (Wildman–Crippen MR) is 111 cm³/mol. The average molecular weight is 487 g/mol. The zero-order valence-electron chi connectivity index (χ0n) is 17.6. The predicted octanol–water partition coefficient (Wildman–Crippen LogP) is 4.56. The fourth-order valence-corrected chi connectivity index (χ4v) is 4.30. The van der Waals surface area contributed by atoms with Gasteiger partial charge in [-0.25, -0.2) is 18.3 Å². The Balaban J connectivity index is 1.47. The van der Waals surface area contributed by atoms with Crippen LogP contribution in [0.1, 0.15) is 28.8 Å². The molecule has 4 aromatic heterocycles. The quantitative estimate of drug-likeness (QED) is 0.376. The molecule has 8 nitrogen and oxygen atoms in total. The summed E-state index contributed by atoms with van der Waals surface area (Å²) < 4.78 is 75.6. The molecule has 0 saturated carbocycles. The molecular weight excluding hydrogens is 473 g/mol. The highest BCUT2D eigenvalue weighted by molar-refractivity contribution is 5.57. The molecule has 0 bridgehead atoms. The van der Waals surface area contributed by atoms with Crippen molar-refractivity contribution in [3.63, 3.8) is 0 Å². The third kappa shape index (κ3) is 3.42. The van der Waals surface area contributed by atoms with Gasteiger partial charge in [-0.15, -0.1) is 5.10 Å². The Morgan fingerprint density at radius 3 is 2.57 bits per heavy atom. The Hall–Kier alpha value is -4.29. The van der Waals surface area contributed by atoms with Gasteiger partial charge in [0.15, 0.2) is 0 Å². The van der Waals surface area contributed by atoms with Crippen LogP contribution in [0.5, 0.6) is 0 Å². The summed E-state index contributed by atoms with van der Waals surface area (Å²) in [5.74, 6) is -2.11. The monoisotopic (exact) mass is 487 g/mol. The van der Waals surface area contributed by atoms with E-state index in [1.807, 2.05) is 0 Å². The molecule has 0 saturated heterocycles. The first-order valence-corrected chi connectivity index (χ1v) is 10.4. The van der Waals surface area contributed by atoms with Crippen molar-refractivity contribution in [3.8, 4) is 11.5 Å². The Bertz CT molecular complexity index is 1530. The lowest BCUT2D eigenvalue weighted by atomic mass is 10.0. The second-order valence-corrected chi connectivity index (χ2v) is 7.91. The van der Waals surface area contributed by atoms with E-state index in [1.165, 1.54) is 30.6 Å². The SMILES string of the molecule is Fc1cccc(F)c1-c1nnc(N2CCc3[nH]cnc3[C@@H]2c2cc3cccc(C(F)(F)F)n3n2)o1. The maximum absolute atomic E-state index is 14.2. The number of hydrogen-bond donors (Lipinski definition) is 1. The summed E-state index contributed by atoms with van der Waals surface area (Å²) in [5, 5.41) is 12.0. The number of imidazole rings is 1. The topological polar surface area (TPSA) is 88.1 Å². The molecule has 1 aliphatic heterocycles. The van der Waals surface area contributed by atoms with Gasteiger partial charge in [0.2, 0.25) is 0 Å². The van der Waals surface area contributed by atoms with Gasteiger partial charge in [-0.3, -0.25) is 0 Å². The van der Waals surface area contributed by atoms with Gasteiger partial charge >= 0.3 is 12.2 Å². The number of benzene rings is 1. The maximum atomic E-state index is 14.2. The van der Waals surface area contributed by atoms with Crippen molar-refractivity contribution in [2.45, 2.75) is 18.6 Å². The van der Waals surface area contributed by atoms with E-state index in [-0.39, 0.29) is 23.1 Å². The van der Waals surface area contributed by atoms with Crippen molar-refractivity contribution in [3.05, 3.63) is 83.2 Å². The summed E-state index contributed by atoms with van der Waals surface area (Å²) in [6.07, 6.45) is -2.65. The van der Waals surface area contributed by atoms with Crippen molar-refractivity contribution in [1.82, 2.24) is 29.8 Å². The van der Waals surface area contributed by atoms with Crippen molar-refractivity contribution in [1.29, 1.82) is 0 Å². The molecule has 35 heavy (non-hydrogen) atoms. The van der Waals surface area contributed by atoms with E-state index in [2.05, 4.69) is 25.3 Å². The first kappa shape index (κ1) is 21.3. The van der Waals surface area contributed by atoms with Gasteiger partial charge in [-0.2, -0.15) is 18.3 Å². The second kappa shape index (κ2) is 7.61. The van der Waals surface area contributed by atoms with Gasteiger partial charge in [0.1, 0.15) is 28.9 Å². The molecule has 1 aliphatic rings. The summed E-state index contributed by atoms with van der Waals surface area (Å²) in [6, 6.07) is 7.75. The van der Waals surface area contributed by atoms with Crippen LogP contribution in [0.2, 0.25) is 0 Å². The smallest absolute Gasteiger partial charge is 0.403 e. The van der Waals surface area contributed by atoms with E-state index in [1.54, 1.807) is 4.90 Å². The molecule has 5 aromatic rings. The van der Waals surface area contributed by atoms with E-state index < -0.39 is 35.1 Å². The van der Waals surface area contributed by atoms with Gasteiger partial charge in [0, 0.05) is 18.7 Å². The van der Waals surface area contributed by atoms with Gasteiger partial charge in [-0.1, -0.05) is 17.2 Å². The van der Waals surface area contributed by atoms with Crippen LogP contribution in [-0.4, -0.2) is 36.3 Å². The number of hydrogen-bond acceptors (Lipinski definition) is 6. The molecule has 6 rings (SSSR count). The lowest BCUT2D eigenvalue weighted by Gasteiger charge is -2.32. The van der Waals surface area contributed by atoms with Gasteiger partial charge in [-0.05, 0) is 30.3 Å². The number of aromatic nitrogens is 6. The van der Waals surface area contributed by atoms with Crippen molar-refractivity contribution in [2.75, 3.05) is 11.4 Å². The molecule has 1 atom stereocenters. The van der Waals surface area contributed by atoms with Crippen LogP contribution < -0.4 is 4.90 Å². The van der Waals surface area contributed by atoms with Gasteiger partial charge < -0.3 is 14.3 Å². The summed E-state index contributed by atoms with van der Waals surface area (Å²) in [7, 11) is 0. The standard InChI is InChI=1S/C22H14F5N7O/c23-12-4-2-5-13(24)17(12)20-30-31-21(35-20)33-8-7-14-18(29-10-28-14)19(33)15-9-11-3-1-6-16(22(25,26)27)34(11)32-15/h1-6,9-10,19H,7-8H2,(H,28,29)/t19-/m0/s1. The molecule has 0 spiro atoms. The van der Waals surface area contributed by atoms with E-state index in [0.717, 1.165) is 28.4 Å². The normalized spacial score (nSPS) is 16.1. The molecule has 1 aromatic carbocycles. The minimum atomic E-state index is -4.61. The third-order valence-corrected chi connectivity index (χ3v) is 5.84. The third-order valence-electron chi connectivity index (χ3n) is 5.84. The molecule has 0 fully saturated rings. The molecule has 0 amide bonds. The number of halogens is 5. The Morgan fingerprint density at radius 2 is 1.80 bits per heavy atom. The molecule has 1 N–H and O–H groups in total. The molecule has 0 radical (unpaired) electrons. The fourth-order valence-electron chi connectivity index (χ4n) is 4.30. The van der Waals surface area contributed by atoms with Crippen LogP contribution in [0.3, 0.4) is 0 Å². The van der Waals surface area contributed by atoms with Crippen molar-refractivity contribution >= 4 is 11.5 Å². The van der Waals surface area contributed by atoms with Crippen LogP contribution in [0.15, 0.2) is 53.2 Å². The number of rotatable bonds is 3. The number of H-pyrrole nitrogens is 1. The van der Waals surface area contributed by atoms with Crippen LogP contribution in [0.4, 0.5) is 28.0 Å². The number of nitrogens with zero attached hydrogens (tertiary/aromatic N) is 6. The Kier molecular flexibility index (Phi) is 4.62. The number of fused-ring (bicyclic) bond motifs is 2. The number of pyridine rings is 1. The van der Waals surface area contributed by atoms with Gasteiger partial charge in [0.25, 0.3) is 5.89 Å². The van der Waals surface area contributed by atoms with Crippen molar-refractivity contribution in [2.24, 2.45) is 0 Å². The Morgan fingerprint density at radius 1 is 1.03 bits per heavy atom.